The Kier molecular flexibility index (Phi) is 7.23. The molecule has 2 unspecified atom stereocenters. The third-order valence-corrected chi connectivity index (χ3v) is 2.01. The summed E-state index contributed by atoms with van der Waals surface area (Å²) in [5.74, 6) is -0.877. The molecule has 1 fully saturated rings. The molecule has 0 radical (unpaired) electrons. The van der Waals surface area contributed by atoms with Crippen molar-refractivity contribution >= 4 is 63.3 Å². The average molecular weight is 241 g/mol. The molecule has 1 heterocycles. The number of ether oxygens (including phenoxy) is 1. The quantitative estimate of drug-likeness (QED) is 0.495. The molecule has 1 amide bonds. The standard InChI is InChI=1S/C9H15NO4.K.H/c1-5(2)3-4-10-8(11)6-7(14-6)9(12)13;;/h5-7H,3-4H2,1-2H3,(H,10,11)(H,12,13);;. The second kappa shape index (κ2) is 6.98. The average Bonchev–Trinajstić information content (AvgIpc) is 2.81. The maximum absolute atomic E-state index is 11.2. The summed E-state index contributed by atoms with van der Waals surface area (Å²) in [5.41, 5.74) is 0. The van der Waals surface area contributed by atoms with Crippen LogP contribution < -0.4 is 5.32 Å². The molecule has 5 nitrogen and oxygen atoms in total. The number of epoxide rings is 1. The fourth-order valence-corrected chi connectivity index (χ4v) is 1.08. The van der Waals surface area contributed by atoms with Crippen LogP contribution in [0.4, 0.5) is 0 Å². The fraction of sp³-hybridized carbons (Fsp3) is 0.778. The van der Waals surface area contributed by atoms with E-state index in [2.05, 4.69) is 23.9 Å². The number of rotatable bonds is 5. The second-order valence-electron chi connectivity index (χ2n) is 3.79. The minimum atomic E-state index is -1.07. The molecule has 1 rings (SSSR count). The van der Waals surface area contributed by atoms with Crippen LogP contribution in [-0.4, -0.2) is 87.1 Å². The third-order valence-electron chi connectivity index (χ3n) is 2.01. The number of aliphatic carboxylic acids is 1. The van der Waals surface area contributed by atoms with E-state index in [1.807, 2.05) is 0 Å². The zero-order valence-corrected chi connectivity index (χ0v) is 8.32. The Balaban J connectivity index is 0.00000196. The van der Waals surface area contributed by atoms with Gasteiger partial charge in [-0.05, 0) is 12.3 Å². The van der Waals surface area contributed by atoms with Crippen molar-refractivity contribution in [2.75, 3.05) is 6.54 Å². The third kappa shape index (κ3) is 5.42. The molecule has 2 N–H and O–H groups in total. The van der Waals surface area contributed by atoms with Gasteiger partial charge < -0.3 is 15.2 Å². The molecule has 1 aliphatic rings. The van der Waals surface area contributed by atoms with Gasteiger partial charge in [-0.2, -0.15) is 0 Å². The van der Waals surface area contributed by atoms with Crippen molar-refractivity contribution in [2.45, 2.75) is 32.5 Å². The van der Waals surface area contributed by atoms with Crippen molar-refractivity contribution in [2.24, 2.45) is 5.92 Å². The molecule has 0 spiro atoms. The first-order valence-electron chi connectivity index (χ1n) is 4.68. The maximum atomic E-state index is 11.2. The topological polar surface area (TPSA) is 78.9 Å². The van der Waals surface area contributed by atoms with Crippen molar-refractivity contribution in [3.05, 3.63) is 0 Å². The molecule has 0 aromatic carbocycles. The predicted octanol–water partition coefficient (Wildman–Crippen LogP) is -0.648. The fourth-order valence-electron chi connectivity index (χ4n) is 1.08. The number of carboxylic acids is 1. The SMILES string of the molecule is CC(C)CCNC(=O)C1OC1C(=O)O.[KH]. The summed E-state index contributed by atoms with van der Waals surface area (Å²) in [6, 6.07) is 0. The molecule has 82 valence electrons. The first-order chi connectivity index (χ1) is 6.52. The molecule has 0 aromatic rings. The first-order valence-corrected chi connectivity index (χ1v) is 4.68. The number of hydrogen-bond acceptors (Lipinski definition) is 3. The molecule has 0 aliphatic carbocycles. The molecule has 6 heteroatoms. The number of hydrogen-bond donors (Lipinski definition) is 2. The molecule has 15 heavy (non-hydrogen) atoms. The Bertz CT molecular complexity index is 244. The van der Waals surface area contributed by atoms with E-state index in [4.69, 9.17) is 5.11 Å². The zero-order valence-electron chi connectivity index (χ0n) is 8.32. The Hall–Kier alpha value is 0.536. The zero-order chi connectivity index (χ0) is 10.7. The summed E-state index contributed by atoms with van der Waals surface area (Å²) in [5, 5.41) is 11.1. The van der Waals surface area contributed by atoms with E-state index < -0.39 is 18.2 Å². The van der Waals surface area contributed by atoms with E-state index in [-0.39, 0.29) is 57.3 Å². The Morgan fingerprint density at radius 1 is 1.40 bits per heavy atom. The van der Waals surface area contributed by atoms with Crippen molar-refractivity contribution in [3.63, 3.8) is 0 Å². The van der Waals surface area contributed by atoms with Crippen molar-refractivity contribution in [1.82, 2.24) is 5.32 Å². The van der Waals surface area contributed by atoms with Gasteiger partial charge >= 0.3 is 57.4 Å². The molecular weight excluding hydrogens is 225 g/mol. The molecule has 0 aromatic heterocycles. The van der Waals surface area contributed by atoms with E-state index in [9.17, 15) is 9.59 Å². The van der Waals surface area contributed by atoms with Gasteiger partial charge in [-0.3, -0.25) is 4.79 Å². The van der Waals surface area contributed by atoms with E-state index >= 15 is 0 Å². The van der Waals surface area contributed by atoms with Crippen LogP contribution >= 0.6 is 0 Å². The summed E-state index contributed by atoms with van der Waals surface area (Å²) in [6.07, 6.45) is -0.829. The van der Waals surface area contributed by atoms with Gasteiger partial charge in [0.1, 0.15) is 0 Å². The Morgan fingerprint density at radius 3 is 2.40 bits per heavy atom. The monoisotopic (exact) mass is 241 g/mol. The summed E-state index contributed by atoms with van der Waals surface area (Å²) in [6.45, 7) is 4.68. The summed E-state index contributed by atoms with van der Waals surface area (Å²) < 4.78 is 4.69. The van der Waals surface area contributed by atoms with Gasteiger partial charge in [0.15, 0.2) is 12.2 Å². The summed E-state index contributed by atoms with van der Waals surface area (Å²) in [4.78, 5) is 21.6. The summed E-state index contributed by atoms with van der Waals surface area (Å²) >= 11 is 0. The first kappa shape index (κ1) is 15.5. The second-order valence-corrected chi connectivity index (χ2v) is 3.79. The molecular formula is C9H16KNO4. The van der Waals surface area contributed by atoms with Gasteiger partial charge in [-0.1, -0.05) is 13.8 Å². The van der Waals surface area contributed by atoms with Crippen LogP contribution in [0.25, 0.3) is 0 Å². The van der Waals surface area contributed by atoms with Gasteiger partial charge in [0.05, 0.1) is 0 Å². The van der Waals surface area contributed by atoms with Crippen LogP contribution in [0.15, 0.2) is 0 Å². The van der Waals surface area contributed by atoms with Crippen LogP contribution in [0, 0.1) is 5.92 Å². The van der Waals surface area contributed by atoms with Gasteiger partial charge in [0, 0.05) is 6.54 Å². The minimum absolute atomic E-state index is 0. The normalized spacial score (nSPS) is 23.1. The number of carbonyl (C=O) groups is 2. The number of carboxylic acid groups (broad SMARTS) is 1. The molecule has 0 bridgehead atoms. The van der Waals surface area contributed by atoms with Crippen molar-refractivity contribution < 1.29 is 19.4 Å². The number of nitrogens with one attached hydrogen (secondary N) is 1. The van der Waals surface area contributed by atoms with E-state index in [0.717, 1.165) is 6.42 Å². The number of amides is 1. The van der Waals surface area contributed by atoms with Crippen molar-refractivity contribution in [3.8, 4) is 0 Å². The van der Waals surface area contributed by atoms with Gasteiger partial charge in [0.25, 0.3) is 5.91 Å². The van der Waals surface area contributed by atoms with Crippen molar-refractivity contribution in [1.29, 1.82) is 0 Å². The van der Waals surface area contributed by atoms with Crippen LogP contribution in [0.2, 0.25) is 0 Å². The van der Waals surface area contributed by atoms with Crippen LogP contribution in [0.3, 0.4) is 0 Å². The summed E-state index contributed by atoms with van der Waals surface area (Å²) in [7, 11) is 0. The molecule has 1 aliphatic heterocycles. The van der Waals surface area contributed by atoms with Crippen LogP contribution in [0.5, 0.6) is 0 Å². The van der Waals surface area contributed by atoms with Gasteiger partial charge in [-0.15, -0.1) is 0 Å². The molecule has 2 atom stereocenters. The van der Waals surface area contributed by atoms with Gasteiger partial charge in [0.2, 0.25) is 0 Å². The van der Waals surface area contributed by atoms with Crippen LogP contribution in [-0.2, 0) is 14.3 Å². The van der Waals surface area contributed by atoms with E-state index in [1.165, 1.54) is 0 Å². The van der Waals surface area contributed by atoms with E-state index in [0.29, 0.717) is 12.5 Å². The Morgan fingerprint density at radius 2 is 2.00 bits per heavy atom. The van der Waals surface area contributed by atoms with Gasteiger partial charge in [-0.25, -0.2) is 4.79 Å². The molecule has 0 saturated carbocycles. The van der Waals surface area contributed by atoms with Crippen LogP contribution in [0.1, 0.15) is 20.3 Å². The molecule has 1 saturated heterocycles. The van der Waals surface area contributed by atoms with E-state index in [1.54, 1.807) is 0 Å². The predicted molar refractivity (Wildman–Crippen MR) is 55.9 cm³/mol. The Labute approximate surface area is 131 Å². The number of carbonyl (C=O) groups excluding carboxylic acids is 1.